The molecule has 0 fully saturated rings. The Hall–Kier alpha value is -4.06. The molecule has 1 heterocycles. The van der Waals surface area contributed by atoms with E-state index in [9.17, 15) is 4.79 Å². The summed E-state index contributed by atoms with van der Waals surface area (Å²) in [7, 11) is 1.60. The summed E-state index contributed by atoms with van der Waals surface area (Å²) < 4.78 is 5.57. The van der Waals surface area contributed by atoms with Crippen molar-refractivity contribution in [3.8, 4) is 28.1 Å². The lowest BCUT2D eigenvalue weighted by Crippen LogP contribution is -2.24. The molecule has 4 aromatic rings. The standard InChI is InChI=1S/C23H20N4O2/c1-29-20-13-18-19(12-17(20)14-25-27-23(24)28)26-22(16-10-6-3-7-11-16)21(18)15-8-4-2-5-9-15/h2-14,26H,1H3,(H3,24,27,28)/b25-14+. The molecule has 144 valence electrons. The van der Waals surface area contributed by atoms with Crippen molar-refractivity contribution in [1.29, 1.82) is 0 Å². The van der Waals surface area contributed by atoms with E-state index in [2.05, 4.69) is 39.8 Å². The highest BCUT2D eigenvalue weighted by atomic mass is 16.5. The molecule has 0 unspecified atom stereocenters. The number of H-pyrrole nitrogens is 1. The lowest BCUT2D eigenvalue weighted by atomic mass is 9.98. The largest absolute Gasteiger partial charge is 0.496 e. The molecular formula is C23H20N4O2. The van der Waals surface area contributed by atoms with Gasteiger partial charge in [-0.25, -0.2) is 10.2 Å². The predicted octanol–water partition coefficient (Wildman–Crippen LogP) is 4.51. The Morgan fingerprint density at radius 3 is 2.31 bits per heavy atom. The number of hydrogen-bond acceptors (Lipinski definition) is 3. The van der Waals surface area contributed by atoms with Gasteiger partial charge in [0.25, 0.3) is 0 Å². The minimum Gasteiger partial charge on any atom is -0.496 e. The molecule has 0 aliphatic carbocycles. The van der Waals surface area contributed by atoms with Gasteiger partial charge in [0.05, 0.1) is 19.0 Å². The zero-order valence-corrected chi connectivity index (χ0v) is 15.8. The van der Waals surface area contributed by atoms with Crippen LogP contribution in [0.5, 0.6) is 5.75 Å². The van der Waals surface area contributed by atoms with Crippen molar-refractivity contribution in [1.82, 2.24) is 10.4 Å². The van der Waals surface area contributed by atoms with Crippen molar-refractivity contribution in [3.05, 3.63) is 78.4 Å². The molecule has 6 nitrogen and oxygen atoms in total. The smallest absolute Gasteiger partial charge is 0.332 e. The number of urea groups is 1. The van der Waals surface area contributed by atoms with Crippen LogP contribution < -0.4 is 15.9 Å². The van der Waals surface area contributed by atoms with Gasteiger partial charge >= 0.3 is 6.03 Å². The summed E-state index contributed by atoms with van der Waals surface area (Å²) in [6, 6.07) is 23.6. The summed E-state index contributed by atoms with van der Waals surface area (Å²) in [4.78, 5) is 14.4. The number of nitrogens with zero attached hydrogens (tertiary/aromatic N) is 1. The first kappa shape index (κ1) is 18.3. The van der Waals surface area contributed by atoms with Crippen molar-refractivity contribution in [3.63, 3.8) is 0 Å². The highest BCUT2D eigenvalue weighted by Crippen LogP contribution is 2.40. The molecular weight excluding hydrogens is 364 g/mol. The van der Waals surface area contributed by atoms with Gasteiger partial charge in [-0.05, 0) is 23.3 Å². The number of carbonyl (C=O) groups is 1. The maximum Gasteiger partial charge on any atom is 0.332 e. The summed E-state index contributed by atoms with van der Waals surface area (Å²) in [6.07, 6.45) is 1.51. The molecule has 4 N–H and O–H groups in total. The Balaban J connectivity index is 1.95. The highest BCUT2D eigenvalue weighted by Gasteiger charge is 2.17. The first-order valence-electron chi connectivity index (χ1n) is 9.10. The van der Waals surface area contributed by atoms with Gasteiger partial charge in [-0.3, -0.25) is 0 Å². The van der Waals surface area contributed by atoms with Crippen LogP contribution in [0.3, 0.4) is 0 Å². The number of methoxy groups -OCH3 is 1. The number of fused-ring (bicyclic) bond motifs is 1. The number of carbonyl (C=O) groups excluding carboxylic acids is 1. The second-order valence-electron chi connectivity index (χ2n) is 6.48. The zero-order valence-electron chi connectivity index (χ0n) is 15.8. The van der Waals surface area contributed by atoms with Crippen molar-refractivity contribution in [2.45, 2.75) is 0 Å². The van der Waals surface area contributed by atoms with Gasteiger partial charge < -0.3 is 15.5 Å². The topological polar surface area (TPSA) is 92.5 Å². The number of nitrogens with two attached hydrogens (primary N) is 1. The van der Waals surface area contributed by atoms with Crippen molar-refractivity contribution < 1.29 is 9.53 Å². The Morgan fingerprint density at radius 1 is 1.03 bits per heavy atom. The van der Waals surface area contributed by atoms with E-state index in [1.165, 1.54) is 6.21 Å². The van der Waals surface area contributed by atoms with Crippen LogP contribution >= 0.6 is 0 Å². The third kappa shape index (κ3) is 3.68. The average molecular weight is 384 g/mol. The van der Waals surface area contributed by atoms with Gasteiger partial charge in [0, 0.05) is 22.0 Å². The minimum atomic E-state index is -0.723. The zero-order chi connectivity index (χ0) is 20.2. The number of hydrogen-bond donors (Lipinski definition) is 3. The van der Waals surface area contributed by atoms with E-state index in [1.807, 2.05) is 48.5 Å². The number of nitrogens with one attached hydrogen (secondary N) is 2. The van der Waals surface area contributed by atoms with Gasteiger partial charge in [0.15, 0.2) is 0 Å². The third-order valence-corrected chi connectivity index (χ3v) is 4.65. The number of rotatable bonds is 5. The number of ether oxygens (including phenoxy) is 1. The molecule has 4 rings (SSSR count). The lowest BCUT2D eigenvalue weighted by molar-refractivity contribution is 0.249. The molecule has 0 saturated heterocycles. The summed E-state index contributed by atoms with van der Waals surface area (Å²) in [5.41, 5.74) is 13.2. The van der Waals surface area contributed by atoms with Gasteiger partial charge in [0.2, 0.25) is 0 Å². The maximum absolute atomic E-state index is 10.9. The number of benzene rings is 3. The second-order valence-corrected chi connectivity index (χ2v) is 6.48. The SMILES string of the molecule is COc1cc2c(-c3ccccc3)c(-c3ccccc3)[nH]c2cc1/C=N/NC(N)=O. The quantitative estimate of drug-likeness (QED) is 0.349. The van der Waals surface area contributed by atoms with Crippen LogP contribution in [0, 0.1) is 0 Å². The maximum atomic E-state index is 10.9. The predicted molar refractivity (Wildman–Crippen MR) is 116 cm³/mol. The fraction of sp³-hybridized carbons (Fsp3) is 0.0435. The number of hydrazone groups is 1. The van der Waals surface area contributed by atoms with E-state index in [-0.39, 0.29) is 0 Å². The minimum absolute atomic E-state index is 0.642. The number of aromatic nitrogens is 1. The first-order chi connectivity index (χ1) is 14.2. The van der Waals surface area contributed by atoms with Crippen LogP contribution in [0.1, 0.15) is 5.56 Å². The molecule has 0 saturated carbocycles. The van der Waals surface area contributed by atoms with Gasteiger partial charge in [0.1, 0.15) is 5.75 Å². The van der Waals surface area contributed by atoms with Crippen molar-refractivity contribution in [2.75, 3.05) is 7.11 Å². The second kappa shape index (κ2) is 7.90. The fourth-order valence-corrected chi connectivity index (χ4v) is 3.41. The summed E-state index contributed by atoms with van der Waals surface area (Å²) >= 11 is 0. The molecule has 0 aliphatic rings. The molecule has 1 aromatic heterocycles. The average Bonchev–Trinajstić information content (AvgIpc) is 3.12. The van der Waals surface area contributed by atoms with E-state index >= 15 is 0 Å². The number of amides is 2. The molecule has 2 amide bonds. The highest BCUT2D eigenvalue weighted by molar-refractivity contribution is 6.06. The molecule has 3 aromatic carbocycles. The molecule has 0 radical (unpaired) electrons. The molecule has 0 atom stereocenters. The van der Waals surface area contributed by atoms with Crippen LogP contribution in [0.4, 0.5) is 4.79 Å². The van der Waals surface area contributed by atoms with Gasteiger partial charge in [-0.2, -0.15) is 5.10 Å². The van der Waals surface area contributed by atoms with Crippen LogP contribution in [-0.2, 0) is 0 Å². The number of aromatic amines is 1. The Bertz CT molecular complexity index is 1180. The molecule has 0 spiro atoms. The Kier molecular flexibility index (Phi) is 4.99. The van der Waals surface area contributed by atoms with Crippen LogP contribution in [0.25, 0.3) is 33.3 Å². The van der Waals surface area contributed by atoms with E-state index in [4.69, 9.17) is 10.5 Å². The van der Waals surface area contributed by atoms with E-state index < -0.39 is 6.03 Å². The monoisotopic (exact) mass is 384 g/mol. The van der Waals surface area contributed by atoms with E-state index in [0.717, 1.165) is 33.3 Å². The van der Waals surface area contributed by atoms with E-state index in [1.54, 1.807) is 7.11 Å². The van der Waals surface area contributed by atoms with Crippen LogP contribution in [0.15, 0.2) is 77.9 Å². The summed E-state index contributed by atoms with van der Waals surface area (Å²) in [6.45, 7) is 0. The van der Waals surface area contributed by atoms with Crippen LogP contribution in [0.2, 0.25) is 0 Å². The summed E-state index contributed by atoms with van der Waals surface area (Å²) in [5.74, 6) is 0.642. The Morgan fingerprint density at radius 2 is 1.69 bits per heavy atom. The van der Waals surface area contributed by atoms with E-state index in [0.29, 0.717) is 11.3 Å². The Labute approximate surface area is 168 Å². The van der Waals surface area contributed by atoms with Crippen molar-refractivity contribution >= 4 is 23.1 Å². The fourth-order valence-electron chi connectivity index (χ4n) is 3.41. The lowest BCUT2D eigenvalue weighted by Gasteiger charge is -2.08. The van der Waals surface area contributed by atoms with Crippen LogP contribution in [-0.4, -0.2) is 24.3 Å². The van der Waals surface area contributed by atoms with Gasteiger partial charge in [-0.1, -0.05) is 60.7 Å². The molecule has 0 aliphatic heterocycles. The molecule has 0 bridgehead atoms. The third-order valence-electron chi connectivity index (χ3n) is 4.65. The molecule has 6 heteroatoms. The summed E-state index contributed by atoms with van der Waals surface area (Å²) in [5, 5.41) is 4.89. The normalized spacial score (nSPS) is 11.1. The number of primary amides is 1. The molecule has 29 heavy (non-hydrogen) atoms. The first-order valence-corrected chi connectivity index (χ1v) is 9.10. The van der Waals surface area contributed by atoms with Crippen molar-refractivity contribution in [2.24, 2.45) is 10.8 Å². The van der Waals surface area contributed by atoms with Gasteiger partial charge in [-0.15, -0.1) is 0 Å².